The van der Waals surface area contributed by atoms with Gasteiger partial charge in [0.25, 0.3) is 0 Å². The average molecular weight is 183 g/mol. The lowest BCUT2D eigenvalue weighted by molar-refractivity contribution is 0.0363. The summed E-state index contributed by atoms with van der Waals surface area (Å²) in [5, 5.41) is 9.78. The Labute approximate surface area is 81.2 Å². The topological polar surface area (TPSA) is 23.5 Å². The molecule has 1 aliphatic rings. The van der Waals surface area contributed by atoms with Crippen molar-refractivity contribution < 1.29 is 5.11 Å². The molecule has 0 aromatic heterocycles. The standard InChI is InChI=1S/C11H21NO/c1-9(2)8-12(3)10-6-4-5-7-11(10)13/h10-11,13H,1,4-8H2,2-3H3/t10-,11-/m1/s1. The molecule has 0 amide bonds. The molecule has 2 nitrogen and oxygen atoms in total. The molecule has 13 heavy (non-hydrogen) atoms. The van der Waals surface area contributed by atoms with Crippen LogP contribution in [0.25, 0.3) is 0 Å². The fraction of sp³-hybridized carbons (Fsp3) is 0.818. The molecular weight excluding hydrogens is 162 g/mol. The maximum atomic E-state index is 9.78. The van der Waals surface area contributed by atoms with E-state index in [0.29, 0.717) is 6.04 Å². The molecule has 0 radical (unpaired) electrons. The Morgan fingerprint density at radius 3 is 2.62 bits per heavy atom. The van der Waals surface area contributed by atoms with Crippen LogP contribution in [0.4, 0.5) is 0 Å². The van der Waals surface area contributed by atoms with Crippen molar-refractivity contribution in [3.8, 4) is 0 Å². The van der Waals surface area contributed by atoms with Gasteiger partial charge in [0.15, 0.2) is 0 Å². The number of aliphatic hydroxyl groups excluding tert-OH is 1. The Morgan fingerprint density at radius 2 is 2.08 bits per heavy atom. The maximum Gasteiger partial charge on any atom is 0.0695 e. The van der Waals surface area contributed by atoms with E-state index < -0.39 is 0 Å². The van der Waals surface area contributed by atoms with E-state index in [4.69, 9.17) is 0 Å². The molecule has 1 rings (SSSR count). The molecule has 76 valence electrons. The normalized spacial score (nSPS) is 29.2. The smallest absolute Gasteiger partial charge is 0.0695 e. The van der Waals surface area contributed by atoms with Gasteiger partial charge < -0.3 is 5.11 Å². The summed E-state index contributed by atoms with van der Waals surface area (Å²) in [6.45, 7) is 6.83. The number of nitrogens with zero attached hydrogens (tertiary/aromatic N) is 1. The van der Waals surface area contributed by atoms with Crippen LogP contribution in [0.3, 0.4) is 0 Å². The van der Waals surface area contributed by atoms with E-state index >= 15 is 0 Å². The van der Waals surface area contributed by atoms with Crippen LogP contribution in [0.2, 0.25) is 0 Å². The van der Waals surface area contributed by atoms with Crippen LogP contribution in [0, 0.1) is 0 Å². The molecule has 1 aliphatic carbocycles. The Hall–Kier alpha value is -0.340. The van der Waals surface area contributed by atoms with Crippen LogP contribution < -0.4 is 0 Å². The Kier molecular flexibility index (Phi) is 3.94. The monoisotopic (exact) mass is 183 g/mol. The molecule has 0 aromatic carbocycles. The van der Waals surface area contributed by atoms with Crippen LogP contribution in [-0.2, 0) is 0 Å². The number of rotatable bonds is 3. The molecule has 0 heterocycles. The molecule has 0 aromatic rings. The van der Waals surface area contributed by atoms with Gasteiger partial charge in [-0.1, -0.05) is 25.0 Å². The van der Waals surface area contributed by atoms with E-state index in [1.165, 1.54) is 18.4 Å². The van der Waals surface area contributed by atoms with Gasteiger partial charge in [-0.2, -0.15) is 0 Å². The molecule has 0 saturated heterocycles. The second-order valence-electron chi connectivity index (χ2n) is 4.29. The largest absolute Gasteiger partial charge is 0.391 e. The van der Waals surface area contributed by atoms with E-state index in [9.17, 15) is 5.11 Å². The molecule has 0 bridgehead atoms. The molecule has 1 fully saturated rings. The summed E-state index contributed by atoms with van der Waals surface area (Å²) in [6.07, 6.45) is 4.40. The predicted octanol–water partition coefficient (Wildman–Crippen LogP) is 1.80. The molecular formula is C11H21NO. The van der Waals surface area contributed by atoms with E-state index in [0.717, 1.165) is 19.4 Å². The molecule has 0 aliphatic heterocycles. The lowest BCUT2D eigenvalue weighted by atomic mass is 9.91. The zero-order valence-corrected chi connectivity index (χ0v) is 8.79. The highest BCUT2D eigenvalue weighted by atomic mass is 16.3. The van der Waals surface area contributed by atoms with Crippen molar-refractivity contribution in [3.05, 3.63) is 12.2 Å². The summed E-state index contributed by atoms with van der Waals surface area (Å²) >= 11 is 0. The number of likely N-dealkylation sites (N-methyl/N-ethyl adjacent to an activating group) is 1. The van der Waals surface area contributed by atoms with Crippen molar-refractivity contribution in [2.75, 3.05) is 13.6 Å². The van der Waals surface area contributed by atoms with Gasteiger partial charge in [-0.15, -0.1) is 0 Å². The van der Waals surface area contributed by atoms with Crippen molar-refractivity contribution in [2.45, 2.75) is 44.8 Å². The first kappa shape index (κ1) is 10.7. The van der Waals surface area contributed by atoms with Crippen LogP contribution in [0.5, 0.6) is 0 Å². The van der Waals surface area contributed by atoms with Gasteiger partial charge >= 0.3 is 0 Å². The maximum absolute atomic E-state index is 9.78. The Bertz CT molecular complexity index is 179. The van der Waals surface area contributed by atoms with Gasteiger partial charge in [-0.05, 0) is 26.8 Å². The minimum Gasteiger partial charge on any atom is -0.391 e. The zero-order valence-electron chi connectivity index (χ0n) is 8.79. The van der Waals surface area contributed by atoms with E-state index in [-0.39, 0.29) is 6.10 Å². The van der Waals surface area contributed by atoms with Crippen molar-refractivity contribution in [1.29, 1.82) is 0 Å². The first-order chi connectivity index (χ1) is 6.11. The lowest BCUT2D eigenvalue weighted by Crippen LogP contribution is -2.43. The van der Waals surface area contributed by atoms with Gasteiger partial charge in [-0.25, -0.2) is 0 Å². The second kappa shape index (κ2) is 4.77. The predicted molar refractivity (Wildman–Crippen MR) is 55.7 cm³/mol. The summed E-state index contributed by atoms with van der Waals surface area (Å²) in [5.41, 5.74) is 1.17. The van der Waals surface area contributed by atoms with Gasteiger partial charge in [0.2, 0.25) is 0 Å². The van der Waals surface area contributed by atoms with Crippen LogP contribution >= 0.6 is 0 Å². The van der Waals surface area contributed by atoms with Crippen LogP contribution in [0.15, 0.2) is 12.2 Å². The second-order valence-corrected chi connectivity index (χ2v) is 4.29. The minimum absolute atomic E-state index is 0.127. The Morgan fingerprint density at radius 1 is 1.46 bits per heavy atom. The third kappa shape index (κ3) is 3.12. The molecule has 0 spiro atoms. The Balaban J connectivity index is 2.43. The zero-order chi connectivity index (χ0) is 9.84. The van der Waals surface area contributed by atoms with Gasteiger partial charge in [-0.3, -0.25) is 4.90 Å². The molecule has 1 saturated carbocycles. The fourth-order valence-electron chi connectivity index (χ4n) is 2.15. The molecule has 2 heteroatoms. The highest BCUT2D eigenvalue weighted by molar-refractivity contribution is 4.94. The minimum atomic E-state index is -0.127. The summed E-state index contributed by atoms with van der Waals surface area (Å²) in [5.74, 6) is 0. The highest BCUT2D eigenvalue weighted by Crippen LogP contribution is 2.22. The number of hydrogen-bond donors (Lipinski definition) is 1. The van der Waals surface area contributed by atoms with E-state index in [2.05, 4.69) is 18.5 Å². The van der Waals surface area contributed by atoms with Crippen LogP contribution in [-0.4, -0.2) is 35.7 Å². The summed E-state index contributed by atoms with van der Waals surface area (Å²) in [7, 11) is 2.08. The molecule has 1 N–H and O–H groups in total. The number of hydrogen-bond acceptors (Lipinski definition) is 2. The van der Waals surface area contributed by atoms with Crippen molar-refractivity contribution in [3.63, 3.8) is 0 Å². The SMILES string of the molecule is C=C(C)CN(C)[C@@H]1CCCC[C@H]1O. The molecule has 0 unspecified atom stereocenters. The van der Waals surface area contributed by atoms with E-state index in [1.54, 1.807) is 0 Å². The lowest BCUT2D eigenvalue weighted by Gasteiger charge is -2.35. The van der Waals surface area contributed by atoms with Crippen molar-refractivity contribution in [1.82, 2.24) is 4.90 Å². The third-order valence-corrected chi connectivity index (χ3v) is 2.78. The average Bonchev–Trinajstić information content (AvgIpc) is 2.03. The first-order valence-corrected chi connectivity index (χ1v) is 5.14. The van der Waals surface area contributed by atoms with Gasteiger partial charge in [0, 0.05) is 12.6 Å². The summed E-state index contributed by atoms with van der Waals surface area (Å²) in [6, 6.07) is 0.352. The summed E-state index contributed by atoms with van der Waals surface area (Å²) < 4.78 is 0. The van der Waals surface area contributed by atoms with Gasteiger partial charge in [0.1, 0.15) is 0 Å². The van der Waals surface area contributed by atoms with E-state index in [1.807, 2.05) is 6.92 Å². The van der Waals surface area contributed by atoms with Gasteiger partial charge in [0.05, 0.1) is 6.10 Å². The fourth-order valence-corrected chi connectivity index (χ4v) is 2.15. The first-order valence-electron chi connectivity index (χ1n) is 5.14. The summed E-state index contributed by atoms with van der Waals surface area (Å²) in [4.78, 5) is 2.23. The quantitative estimate of drug-likeness (QED) is 0.674. The third-order valence-electron chi connectivity index (χ3n) is 2.78. The highest BCUT2D eigenvalue weighted by Gasteiger charge is 2.25. The van der Waals surface area contributed by atoms with Crippen molar-refractivity contribution >= 4 is 0 Å². The molecule has 2 atom stereocenters. The number of aliphatic hydroxyl groups is 1. The van der Waals surface area contributed by atoms with Crippen molar-refractivity contribution in [2.24, 2.45) is 0 Å². The van der Waals surface area contributed by atoms with Crippen LogP contribution in [0.1, 0.15) is 32.6 Å².